The van der Waals surface area contributed by atoms with Gasteiger partial charge < -0.3 is 10.4 Å². The van der Waals surface area contributed by atoms with Crippen LogP contribution >= 0.6 is 0 Å². The van der Waals surface area contributed by atoms with Gasteiger partial charge in [-0.05, 0) is 55.6 Å². The van der Waals surface area contributed by atoms with E-state index in [9.17, 15) is 5.11 Å². The summed E-state index contributed by atoms with van der Waals surface area (Å²) in [5.41, 5.74) is 4.07. The maximum absolute atomic E-state index is 9.55. The third-order valence-corrected chi connectivity index (χ3v) is 4.31. The van der Waals surface area contributed by atoms with Crippen LogP contribution < -0.4 is 5.32 Å². The van der Waals surface area contributed by atoms with Gasteiger partial charge in [-0.3, -0.25) is 0 Å². The molecule has 0 saturated heterocycles. The molecule has 106 valence electrons. The van der Waals surface area contributed by atoms with Gasteiger partial charge in [0.15, 0.2) is 0 Å². The van der Waals surface area contributed by atoms with Gasteiger partial charge in [0.05, 0.1) is 6.10 Å². The van der Waals surface area contributed by atoms with Gasteiger partial charge in [-0.1, -0.05) is 32.0 Å². The molecule has 0 bridgehead atoms. The Morgan fingerprint density at radius 1 is 1.21 bits per heavy atom. The van der Waals surface area contributed by atoms with Crippen LogP contribution in [0.2, 0.25) is 0 Å². The predicted molar refractivity (Wildman–Crippen MR) is 81.7 cm³/mol. The van der Waals surface area contributed by atoms with Crippen LogP contribution in [0, 0.1) is 12.8 Å². The fraction of sp³-hybridized carbons (Fsp3) is 0.647. The quantitative estimate of drug-likeness (QED) is 0.856. The van der Waals surface area contributed by atoms with Crippen molar-refractivity contribution in [2.24, 2.45) is 5.92 Å². The second kappa shape index (κ2) is 6.42. The Hall–Kier alpha value is -1.02. The second-order valence-electron chi connectivity index (χ2n) is 6.25. The standard InChI is InChI=1S/C17H27NO/c1-12(2)16-6-4-5-13(3)17(16)18-11-14-7-9-15(19)10-8-14/h4-6,12,14-15,18-19H,7-11H2,1-3H3. The third-order valence-electron chi connectivity index (χ3n) is 4.31. The van der Waals surface area contributed by atoms with Gasteiger partial charge in [-0.15, -0.1) is 0 Å². The zero-order valence-corrected chi connectivity index (χ0v) is 12.4. The number of hydrogen-bond acceptors (Lipinski definition) is 2. The number of aryl methyl sites for hydroxylation is 1. The van der Waals surface area contributed by atoms with E-state index in [1.165, 1.54) is 16.8 Å². The van der Waals surface area contributed by atoms with Gasteiger partial charge in [-0.2, -0.15) is 0 Å². The Morgan fingerprint density at radius 3 is 2.53 bits per heavy atom. The molecule has 0 atom stereocenters. The van der Waals surface area contributed by atoms with Crippen LogP contribution in [0.1, 0.15) is 56.6 Å². The molecular weight excluding hydrogens is 234 g/mol. The number of benzene rings is 1. The first-order chi connectivity index (χ1) is 9.08. The Kier molecular flexibility index (Phi) is 4.87. The number of hydrogen-bond donors (Lipinski definition) is 2. The Labute approximate surface area is 117 Å². The van der Waals surface area contributed by atoms with E-state index in [1.807, 2.05) is 0 Å². The molecule has 2 rings (SSSR count). The highest BCUT2D eigenvalue weighted by molar-refractivity contribution is 5.58. The molecule has 1 aliphatic carbocycles. The van der Waals surface area contributed by atoms with Crippen LogP contribution in [0.3, 0.4) is 0 Å². The highest BCUT2D eigenvalue weighted by atomic mass is 16.3. The van der Waals surface area contributed by atoms with Gasteiger partial charge in [-0.25, -0.2) is 0 Å². The maximum Gasteiger partial charge on any atom is 0.0540 e. The molecule has 0 aliphatic heterocycles. The molecule has 0 radical (unpaired) electrons. The summed E-state index contributed by atoms with van der Waals surface area (Å²) in [4.78, 5) is 0. The van der Waals surface area contributed by atoms with Crippen molar-refractivity contribution in [2.75, 3.05) is 11.9 Å². The highest BCUT2D eigenvalue weighted by Crippen LogP contribution is 2.29. The topological polar surface area (TPSA) is 32.3 Å². The second-order valence-corrected chi connectivity index (χ2v) is 6.25. The average Bonchev–Trinajstić information content (AvgIpc) is 2.39. The zero-order valence-electron chi connectivity index (χ0n) is 12.4. The van der Waals surface area contributed by atoms with E-state index in [0.717, 1.165) is 32.2 Å². The first-order valence-electron chi connectivity index (χ1n) is 7.59. The van der Waals surface area contributed by atoms with Gasteiger partial charge in [0.1, 0.15) is 0 Å². The highest BCUT2D eigenvalue weighted by Gasteiger charge is 2.19. The van der Waals surface area contributed by atoms with Gasteiger partial charge in [0.2, 0.25) is 0 Å². The monoisotopic (exact) mass is 261 g/mol. The van der Waals surface area contributed by atoms with E-state index >= 15 is 0 Å². The lowest BCUT2D eigenvalue weighted by atomic mass is 9.87. The predicted octanol–water partition coefficient (Wildman–Crippen LogP) is 4.08. The lowest BCUT2D eigenvalue weighted by molar-refractivity contribution is 0.111. The normalized spacial score (nSPS) is 23.6. The minimum Gasteiger partial charge on any atom is -0.393 e. The van der Waals surface area contributed by atoms with Crippen molar-refractivity contribution in [3.63, 3.8) is 0 Å². The summed E-state index contributed by atoms with van der Waals surface area (Å²) in [6, 6.07) is 6.55. The number of aliphatic hydroxyl groups is 1. The molecule has 1 saturated carbocycles. The SMILES string of the molecule is Cc1cccc(C(C)C)c1NCC1CCC(O)CC1. The molecule has 2 heteroatoms. The molecule has 0 spiro atoms. The molecule has 0 aromatic heterocycles. The molecule has 0 heterocycles. The number of rotatable bonds is 4. The van der Waals surface area contributed by atoms with Crippen LogP contribution in [0.25, 0.3) is 0 Å². The number of nitrogens with one attached hydrogen (secondary N) is 1. The maximum atomic E-state index is 9.55. The van der Waals surface area contributed by atoms with Crippen molar-refractivity contribution < 1.29 is 5.11 Å². The van der Waals surface area contributed by atoms with E-state index < -0.39 is 0 Å². The summed E-state index contributed by atoms with van der Waals surface area (Å²) in [6.45, 7) is 7.71. The van der Waals surface area contributed by atoms with Crippen molar-refractivity contribution in [3.05, 3.63) is 29.3 Å². The molecule has 19 heavy (non-hydrogen) atoms. The fourth-order valence-electron chi connectivity index (χ4n) is 3.01. The van der Waals surface area contributed by atoms with E-state index in [4.69, 9.17) is 0 Å². The van der Waals surface area contributed by atoms with Crippen LogP contribution in [0.15, 0.2) is 18.2 Å². The average molecular weight is 261 g/mol. The largest absolute Gasteiger partial charge is 0.393 e. The van der Waals surface area contributed by atoms with Crippen molar-refractivity contribution >= 4 is 5.69 Å². The first-order valence-corrected chi connectivity index (χ1v) is 7.59. The molecule has 2 N–H and O–H groups in total. The number of anilines is 1. The molecular formula is C17H27NO. The Balaban J connectivity index is 1.99. The number of aliphatic hydroxyl groups excluding tert-OH is 1. The minimum absolute atomic E-state index is 0.0547. The molecule has 1 aliphatic rings. The lowest BCUT2D eigenvalue weighted by Crippen LogP contribution is -2.24. The summed E-state index contributed by atoms with van der Waals surface area (Å²) in [6.07, 6.45) is 4.18. The lowest BCUT2D eigenvalue weighted by Gasteiger charge is -2.27. The van der Waals surface area contributed by atoms with E-state index in [0.29, 0.717) is 11.8 Å². The van der Waals surface area contributed by atoms with Gasteiger partial charge in [0, 0.05) is 12.2 Å². The van der Waals surface area contributed by atoms with E-state index in [1.54, 1.807) is 0 Å². The van der Waals surface area contributed by atoms with Crippen LogP contribution in [0.5, 0.6) is 0 Å². The molecule has 2 nitrogen and oxygen atoms in total. The van der Waals surface area contributed by atoms with Crippen LogP contribution in [-0.4, -0.2) is 17.8 Å². The Bertz CT molecular complexity index is 406. The molecule has 0 unspecified atom stereocenters. The minimum atomic E-state index is -0.0547. The summed E-state index contributed by atoms with van der Waals surface area (Å²) in [5, 5.41) is 13.2. The van der Waals surface area contributed by atoms with E-state index in [-0.39, 0.29) is 6.10 Å². The van der Waals surface area contributed by atoms with Crippen LogP contribution in [0.4, 0.5) is 5.69 Å². The molecule has 1 aromatic rings. The third kappa shape index (κ3) is 3.73. The van der Waals surface area contributed by atoms with Crippen LogP contribution in [-0.2, 0) is 0 Å². The Morgan fingerprint density at radius 2 is 1.89 bits per heavy atom. The zero-order chi connectivity index (χ0) is 13.8. The summed E-state index contributed by atoms with van der Waals surface area (Å²) >= 11 is 0. The smallest absolute Gasteiger partial charge is 0.0540 e. The summed E-state index contributed by atoms with van der Waals surface area (Å²) < 4.78 is 0. The first kappa shape index (κ1) is 14.4. The van der Waals surface area contributed by atoms with Gasteiger partial charge >= 0.3 is 0 Å². The number of para-hydroxylation sites is 1. The summed E-state index contributed by atoms with van der Waals surface area (Å²) in [5.74, 6) is 1.26. The fourth-order valence-corrected chi connectivity index (χ4v) is 3.01. The van der Waals surface area contributed by atoms with E-state index in [2.05, 4.69) is 44.3 Å². The molecule has 1 fully saturated rings. The van der Waals surface area contributed by atoms with Crippen molar-refractivity contribution in [1.82, 2.24) is 0 Å². The van der Waals surface area contributed by atoms with Crippen molar-refractivity contribution in [3.8, 4) is 0 Å². The summed E-state index contributed by atoms with van der Waals surface area (Å²) in [7, 11) is 0. The molecule has 0 amide bonds. The molecule has 1 aromatic carbocycles. The van der Waals surface area contributed by atoms with Crippen molar-refractivity contribution in [1.29, 1.82) is 0 Å². The van der Waals surface area contributed by atoms with Gasteiger partial charge in [0.25, 0.3) is 0 Å². The van der Waals surface area contributed by atoms with Crippen molar-refractivity contribution in [2.45, 2.75) is 58.5 Å².